The minimum absolute atomic E-state index is 0.169. The molecule has 0 aliphatic carbocycles. The van der Waals surface area contributed by atoms with Gasteiger partial charge in [0.15, 0.2) is 0 Å². The van der Waals surface area contributed by atoms with Crippen LogP contribution in [-0.4, -0.2) is 46.4 Å². The lowest BCUT2D eigenvalue weighted by molar-refractivity contribution is -0.0584. The third-order valence-electron chi connectivity index (χ3n) is 5.29. The van der Waals surface area contributed by atoms with Gasteiger partial charge in [-0.05, 0) is 31.2 Å². The average molecular weight is 500 g/mol. The van der Waals surface area contributed by atoms with Gasteiger partial charge in [0.25, 0.3) is 17.4 Å². The van der Waals surface area contributed by atoms with Crippen molar-refractivity contribution in [2.24, 2.45) is 15.9 Å². The number of hydrazone groups is 1. The van der Waals surface area contributed by atoms with Crippen molar-refractivity contribution in [2.45, 2.75) is 18.9 Å². The van der Waals surface area contributed by atoms with E-state index in [4.69, 9.17) is 10.9 Å². The zero-order chi connectivity index (χ0) is 26.5. The van der Waals surface area contributed by atoms with Crippen LogP contribution in [0.15, 0.2) is 69.5 Å². The van der Waals surface area contributed by atoms with Crippen LogP contribution in [0.25, 0.3) is 5.69 Å². The average Bonchev–Trinajstić information content (AvgIpc) is 2.87. The van der Waals surface area contributed by atoms with Crippen molar-refractivity contribution in [2.75, 3.05) is 13.7 Å². The van der Waals surface area contributed by atoms with Crippen LogP contribution in [0.2, 0.25) is 0 Å². The topological polar surface area (TPSA) is 135 Å². The third-order valence-corrected chi connectivity index (χ3v) is 5.29. The standard InChI is InChI=1S/C24H23F3N6O3/c1-14(17-7-4-8-18(22(17)25)24(26,27)13-34)31-23(36)19-9-10-21(35)33(32-19)16-6-3-5-15(11-16)20(29-2)12-30-28/h3-12,14,34H,13,28H2,1-2H3,(H,31,36)/t14-/m1/s1. The van der Waals surface area contributed by atoms with Crippen molar-refractivity contribution in [3.63, 3.8) is 0 Å². The number of benzene rings is 2. The first-order valence-corrected chi connectivity index (χ1v) is 10.6. The molecule has 0 saturated heterocycles. The fraction of sp³-hybridized carbons (Fsp3) is 0.208. The van der Waals surface area contributed by atoms with E-state index in [9.17, 15) is 22.8 Å². The Hall–Kier alpha value is -4.32. The number of amides is 1. The van der Waals surface area contributed by atoms with Crippen LogP contribution in [0.3, 0.4) is 0 Å². The molecule has 0 radical (unpaired) electrons. The van der Waals surface area contributed by atoms with Crippen LogP contribution in [0.5, 0.6) is 0 Å². The zero-order valence-corrected chi connectivity index (χ0v) is 19.3. The third kappa shape index (κ3) is 5.49. The highest BCUT2D eigenvalue weighted by atomic mass is 19.3. The van der Waals surface area contributed by atoms with Crippen LogP contribution < -0.4 is 16.7 Å². The number of nitrogens with zero attached hydrogens (tertiary/aromatic N) is 4. The van der Waals surface area contributed by atoms with Gasteiger partial charge in [-0.15, -0.1) is 0 Å². The molecule has 3 rings (SSSR count). The highest BCUT2D eigenvalue weighted by Crippen LogP contribution is 2.32. The molecule has 2 aromatic carbocycles. The predicted molar refractivity (Wildman–Crippen MR) is 128 cm³/mol. The minimum Gasteiger partial charge on any atom is -0.390 e. The van der Waals surface area contributed by atoms with E-state index in [0.29, 0.717) is 17.0 Å². The van der Waals surface area contributed by atoms with Gasteiger partial charge in [0.2, 0.25) is 0 Å². The molecule has 3 aromatic rings. The molecule has 0 unspecified atom stereocenters. The molecule has 9 nitrogen and oxygen atoms in total. The molecule has 0 aliphatic heterocycles. The molecular formula is C24H23F3N6O3. The van der Waals surface area contributed by atoms with E-state index in [0.717, 1.165) is 16.8 Å². The van der Waals surface area contributed by atoms with Gasteiger partial charge in [-0.2, -0.15) is 23.7 Å². The van der Waals surface area contributed by atoms with E-state index in [2.05, 4.69) is 20.5 Å². The van der Waals surface area contributed by atoms with Gasteiger partial charge in [0.1, 0.15) is 18.1 Å². The fourth-order valence-corrected chi connectivity index (χ4v) is 3.45. The molecule has 188 valence electrons. The normalized spacial score (nSPS) is 13.1. The lowest BCUT2D eigenvalue weighted by Crippen LogP contribution is -2.31. The van der Waals surface area contributed by atoms with Gasteiger partial charge >= 0.3 is 0 Å². The number of rotatable bonds is 8. The SMILES string of the molecule is CN=C(C=NN)c1cccc(-n2nc(C(=O)N[C@H](C)c3cccc(C(F)(F)CO)c3F)ccc2=O)c1. The van der Waals surface area contributed by atoms with Crippen molar-refractivity contribution in [3.05, 3.63) is 93.2 Å². The molecule has 12 heteroatoms. The summed E-state index contributed by atoms with van der Waals surface area (Å²) in [7, 11) is 1.55. The number of nitrogens with one attached hydrogen (secondary N) is 1. The lowest BCUT2D eigenvalue weighted by atomic mass is 10.0. The second kappa shape index (κ2) is 11.0. The smallest absolute Gasteiger partial charge is 0.298 e. The second-order valence-corrected chi connectivity index (χ2v) is 7.67. The Balaban J connectivity index is 1.91. The Labute approximate surface area is 203 Å². The van der Waals surface area contributed by atoms with E-state index in [1.165, 1.54) is 31.3 Å². The highest BCUT2D eigenvalue weighted by Gasteiger charge is 2.35. The number of hydrogen-bond acceptors (Lipinski definition) is 7. The van der Waals surface area contributed by atoms with E-state index >= 15 is 0 Å². The summed E-state index contributed by atoms with van der Waals surface area (Å²) in [6, 6.07) is 11.2. The number of aliphatic imine (C=N–C) groups is 1. The molecule has 0 fully saturated rings. The fourth-order valence-electron chi connectivity index (χ4n) is 3.45. The molecular weight excluding hydrogens is 477 g/mol. The predicted octanol–water partition coefficient (Wildman–Crippen LogP) is 2.31. The maximum absolute atomic E-state index is 14.8. The molecule has 36 heavy (non-hydrogen) atoms. The highest BCUT2D eigenvalue weighted by molar-refractivity contribution is 6.38. The van der Waals surface area contributed by atoms with E-state index in [-0.39, 0.29) is 11.3 Å². The Morgan fingerprint density at radius 1 is 1.25 bits per heavy atom. The second-order valence-electron chi connectivity index (χ2n) is 7.67. The number of carbonyl (C=O) groups excluding carboxylic acids is 1. The maximum atomic E-state index is 14.8. The first-order chi connectivity index (χ1) is 17.1. The maximum Gasteiger partial charge on any atom is 0.298 e. The summed E-state index contributed by atoms with van der Waals surface area (Å²) >= 11 is 0. The zero-order valence-electron chi connectivity index (χ0n) is 19.3. The summed E-state index contributed by atoms with van der Waals surface area (Å²) in [6.07, 6.45) is 1.34. The first kappa shape index (κ1) is 26.3. The van der Waals surface area contributed by atoms with Gasteiger partial charge in [0.05, 0.1) is 29.2 Å². The van der Waals surface area contributed by atoms with Gasteiger partial charge in [-0.25, -0.2) is 4.39 Å². The largest absolute Gasteiger partial charge is 0.390 e. The number of alkyl halides is 2. The van der Waals surface area contributed by atoms with Crippen LogP contribution in [-0.2, 0) is 5.92 Å². The molecule has 0 bridgehead atoms. The number of aliphatic hydroxyl groups is 1. The molecule has 1 aromatic heterocycles. The molecule has 0 aliphatic rings. The number of hydrogen-bond donors (Lipinski definition) is 3. The van der Waals surface area contributed by atoms with E-state index < -0.39 is 41.4 Å². The van der Waals surface area contributed by atoms with Crippen molar-refractivity contribution in [1.82, 2.24) is 15.1 Å². The van der Waals surface area contributed by atoms with Crippen molar-refractivity contribution in [3.8, 4) is 5.69 Å². The molecule has 1 atom stereocenters. The minimum atomic E-state index is -3.78. The number of carbonyl (C=O) groups is 1. The summed E-state index contributed by atoms with van der Waals surface area (Å²) < 4.78 is 43.5. The number of nitrogens with two attached hydrogens (primary N) is 1. The Kier molecular flexibility index (Phi) is 8.00. The first-order valence-electron chi connectivity index (χ1n) is 10.6. The Morgan fingerprint density at radius 2 is 1.97 bits per heavy atom. The summed E-state index contributed by atoms with van der Waals surface area (Å²) in [6.45, 7) is -0.160. The molecule has 0 saturated carbocycles. The quantitative estimate of drug-likeness (QED) is 0.248. The summed E-state index contributed by atoms with van der Waals surface area (Å²) in [5, 5.41) is 18.9. The van der Waals surface area contributed by atoms with Crippen LogP contribution >= 0.6 is 0 Å². The van der Waals surface area contributed by atoms with Gasteiger partial charge in [-0.1, -0.05) is 24.3 Å². The van der Waals surface area contributed by atoms with E-state index in [1.807, 2.05) is 0 Å². The molecule has 1 amide bonds. The lowest BCUT2D eigenvalue weighted by Gasteiger charge is -2.20. The summed E-state index contributed by atoms with van der Waals surface area (Å²) in [4.78, 5) is 29.4. The van der Waals surface area contributed by atoms with Crippen LogP contribution in [0.4, 0.5) is 13.2 Å². The Bertz CT molecular complexity index is 1390. The van der Waals surface area contributed by atoms with Gasteiger partial charge in [0, 0.05) is 24.2 Å². The van der Waals surface area contributed by atoms with Crippen molar-refractivity contribution in [1.29, 1.82) is 0 Å². The van der Waals surface area contributed by atoms with Crippen molar-refractivity contribution >= 4 is 17.8 Å². The molecule has 4 N–H and O–H groups in total. The monoisotopic (exact) mass is 500 g/mol. The Morgan fingerprint density at radius 3 is 2.64 bits per heavy atom. The van der Waals surface area contributed by atoms with Crippen LogP contribution in [0, 0.1) is 5.82 Å². The van der Waals surface area contributed by atoms with Gasteiger partial charge in [-0.3, -0.25) is 14.6 Å². The number of halogens is 3. The van der Waals surface area contributed by atoms with E-state index in [1.54, 1.807) is 31.3 Å². The number of aromatic nitrogens is 2. The van der Waals surface area contributed by atoms with Gasteiger partial charge < -0.3 is 16.3 Å². The molecule has 1 heterocycles. The molecule has 0 spiro atoms. The summed E-state index contributed by atoms with van der Waals surface area (Å²) in [5.74, 6) is -0.591. The number of aliphatic hydroxyl groups excluding tert-OH is 1. The summed E-state index contributed by atoms with van der Waals surface area (Å²) in [5.41, 5.74) is -0.506. The van der Waals surface area contributed by atoms with Crippen LogP contribution in [0.1, 0.15) is 40.1 Å². The van der Waals surface area contributed by atoms with Crippen molar-refractivity contribution < 1.29 is 23.1 Å².